The van der Waals surface area contributed by atoms with E-state index >= 15 is 0 Å². The summed E-state index contributed by atoms with van der Waals surface area (Å²) < 4.78 is 0. The molecule has 0 saturated carbocycles. The Kier molecular flexibility index (Phi) is 17.1. The van der Waals surface area contributed by atoms with Crippen LogP contribution in [0.1, 0.15) is 69.2 Å². The van der Waals surface area contributed by atoms with Crippen molar-refractivity contribution in [3.8, 4) is 0 Å². The Morgan fingerprint density at radius 1 is 0.500 bits per heavy atom. The van der Waals surface area contributed by atoms with Gasteiger partial charge < -0.3 is 21.3 Å². The number of nitrogens with zero attached hydrogens (tertiary/aromatic N) is 8. The van der Waals surface area contributed by atoms with Gasteiger partial charge in [0.2, 0.25) is 0 Å². The molecule has 0 fully saturated rings. The van der Waals surface area contributed by atoms with Crippen molar-refractivity contribution in [3.05, 3.63) is 0 Å². The summed E-state index contributed by atoms with van der Waals surface area (Å²) >= 11 is 0. The van der Waals surface area contributed by atoms with E-state index in [4.69, 9.17) is 0 Å². The molecule has 0 bridgehead atoms. The first-order chi connectivity index (χ1) is 17.6. The second kappa shape index (κ2) is 16.9. The van der Waals surface area contributed by atoms with E-state index in [1.807, 2.05) is 55.4 Å². The van der Waals surface area contributed by atoms with Gasteiger partial charge in [-0.05, 0) is 69.2 Å². The average Bonchev–Trinajstić information content (AvgIpc) is 3.64. The highest BCUT2D eigenvalue weighted by molar-refractivity contribution is 5.94. The number of hydrogen-bond acceptors (Lipinski definition) is 12. The summed E-state index contributed by atoms with van der Waals surface area (Å²) in [5.74, 6) is 3.67. The lowest BCUT2D eigenvalue weighted by molar-refractivity contribution is 0.546. The summed E-state index contributed by atoms with van der Waals surface area (Å²) in [6.07, 6.45) is 0. The largest absolute Gasteiger partial charge is 0.370 e. The van der Waals surface area contributed by atoms with Crippen molar-refractivity contribution < 1.29 is 0 Å². The van der Waals surface area contributed by atoms with E-state index in [9.17, 15) is 0 Å². The van der Waals surface area contributed by atoms with Gasteiger partial charge in [-0.25, -0.2) is 0 Å². The summed E-state index contributed by atoms with van der Waals surface area (Å²) in [5, 5.41) is 31.2. The molecular formula is C26H52Cl4N12. The van der Waals surface area contributed by atoms with E-state index in [0.717, 1.165) is 62.6 Å². The van der Waals surface area contributed by atoms with E-state index in [1.165, 1.54) is 0 Å². The summed E-state index contributed by atoms with van der Waals surface area (Å²) in [7, 11) is 0. The lowest BCUT2D eigenvalue weighted by Gasteiger charge is -2.24. The van der Waals surface area contributed by atoms with Gasteiger partial charge in [0, 0.05) is 25.2 Å². The molecule has 4 N–H and O–H groups in total. The minimum atomic E-state index is -0.424. The second-order valence-electron chi connectivity index (χ2n) is 12.4. The minimum Gasteiger partial charge on any atom is -0.370 e. The van der Waals surface area contributed by atoms with Crippen LogP contribution in [0, 0.1) is 0 Å². The molecule has 0 aliphatic carbocycles. The third-order valence-electron chi connectivity index (χ3n) is 6.58. The van der Waals surface area contributed by atoms with E-state index in [2.05, 4.69) is 75.5 Å². The Hall–Kier alpha value is -1.76. The number of halogens is 4. The molecule has 2 atom stereocenters. The number of amidine groups is 4. The van der Waals surface area contributed by atoms with Crippen LogP contribution in [-0.4, -0.2) is 96.9 Å². The summed E-state index contributed by atoms with van der Waals surface area (Å²) in [5.41, 5.74) is -1.64. The quantitative estimate of drug-likeness (QED) is 0.282. The molecule has 4 heterocycles. The van der Waals surface area contributed by atoms with Crippen LogP contribution < -0.4 is 21.3 Å². The summed E-state index contributed by atoms with van der Waals surface area (Å²) in [6, 6.07) is 0.767. The number of nitrogens with one attached hydrogen (secondary N) is 4. The fourth-order valence-electron chi connectivity index (χ4n) is 4.15. The first kappa shape index (κ1) is 42.4. The second-order valence-corrected chi connectivity index (χ2v) is 12.4. The summed E-state index contributed by atoms with van der Waals surface area (Å²) in [4.78, 5) is 17.8. The zero-order chi connectivity index (χ0) is 28.2. The van der Waals surface area contributed by atoms with E-state index in [1.54, 1.807) is 0 Å². The van der Waals surface area contributed by atoms with Crippen molar-refractivity contribution in [1.29, 1.82) is 0 Å². The standard InChI is InChI=1S/C14H26N6.C12H22N6.4ClH/c1-9-7-15-11(17-9)13(3,4)19-20-14(5,6)12-16-8-10(2)18-12;1-11(2,9-13-5-6-14-9)17-18-12(3,4)10-15-7-8-16-10;;;;/h9-10H,7-8H2,1-6H3,(H,15,17)(H,16,18);5-8H2,1-4H3,(H,13,14)(H,15,16);4*1H. The maximum atomic E-state index is 4.52. The lowest BCUT2D eigenvalue weighted by Crippen LogP contribution is -2.43. The Morgan fingerprint density at radius 2 is 0.786 bits per heavy atom. The monoisotopic (exact) mass is 672 g/mol. The van der Waals surface area contributed by atoms with Gasteiger partial charge in [-0.3, -0.25) is 20.0 Å². The molecule has 244 valence electrons. The van der Waals surface area contributed by atoms with Crippen LogP contribution >= 0.6 is 49.6 Å². The molecule has 0 aromatic heterocycles. The number of hydrogen-bond donors (Lipinski definition) is 4. The normalized spacial score (nSPS) is 21.9. The number of aliphatic imine (C=N–C) groups is 4. The predicted molar refractivity (Wildman–Crippen MR) is 185 cm³/mol. The van der Waals surface area contributed by atoms with Crippen molar-refractivity contribution >= 4 is 73.0 Å². The lowest BCUT2D eigenvalue weighted by atomic mass is 10.0. The van der Waals surface area contributed by atoms with Gasteiger partial charge in [0.05, 0.1) is 26.2 Å². The van der Waals surface area contributed by atoms with Gasteiger partial charge in [-0.2, -0.15) is 20.5 Å². The van der Waals surface area contributed by atoms with Gasteiger partial charge in [0.25, 0.3) is 0 Å². The first-order valence-electron chi connectivity index (χ1n) is 13.7. The van der Waals surface area contributed by atoms with Crippen LogP contribution in [0.5, 0.6) is 0 Å². The number of rotatable bonds is 8. The Balaban J connectivity index is 0. The van der Waals surface area contributed by atoms with E-state index in [0.29, 0.717) is 12.1 Å². The van der Waals surface area contributed by atoms with Crippen LogP contribution in [0.15, 0.2) is 40.4 Å². The Morgan fingerprint density at radius 3 is 1.00 bits per heavy atom. The Bertz CT molecular complexity index is 968. The molecule has 4 aliphatic heterocycles. The first-order valence-corrected chi connectivity index (χ1v) is 13.7. The number of azo groups is 2. The van der Waals surface area contributed by atoms with Gasteiger partial charge in [-0.1, -0.05) is 0 Å². The highest BCUT2D eigenvalue weighted by atomic mass is 35.5. The van der Waals surface area contributed by atoms with Crippen LogP contribution in [0.25, 0.3) is 0 Å². The minimum absolute atomic E-state index is 0. The molecule has 0 aromatic carbocycles. The molecule has 2 unspecified atom stereocenters. The predicted octanol–water partition coefficient (Wildman–Crippen LogP) is 4.46. The van der Waals surface area contributed by atoms with Crippen LogP contribution in [0.4, 0.5) is 0 Å². The topological polar surface area (TPSA) is 147 Å². The average molecular weight is 675 g/mol. The van der Waals surface area contributed by atoms with Crippen molar-refractivity contribution in [2.24, 2.45) is 40.4 Å². The third-order valence-corrected chi connectivity index (χ3v) is 6.58. The van der Waals surface area contributed by atoms with Gasteiger partial charge in [0.15, 0.2) is 0 Å². The van der Waals surface area contributed by atoms with Gasteiger partial charge >= 0.3 is 0 Å². The van der Waals surface area contributed by atoms with Crippen molar-refractivity contribution in [2.75, 3.05) is 39.3 Å². The fourth-order valence-corrected chi connectivity index (χ4v) is 4.15. The van der Waals surface area contributed by atoms with Crippen molar-refractivity contribution in [1.82, 2.24) is 21.3 Å². The molecule has 0 saturated heterocycles. The maximum absolute atomic E-state index is 4.52. The van der Waals surface area contributed by atoms with Gasteiger partial charge in [-0.15, -0.1) is 49.6 Å². The molecule has 0 radical (unpaired) electrons. The molecular weight excluding hydrogens is 622 g/mol. The van der Waals surface area contributed by atoms with Crippen molar-refractivity contribution in [3.63, 3.8) is 0 Å². The zero-order valence-corrected chi connectivity index (χ0v) is 29.9. The fraction of sp³-hybridized carbons (Fsp3) is 0.846. The van der Waals surface area contributed by atoms with Crippen LogP contribution in [0.3, 0.4) is 0 Å². The van der Waals surface area contributed by atoms with E-state index < -0.39 is 22.2 Å². The maximum Gasteiger partial charge on any atom is 0.133 e. The molecule has 16 heteroatoms. The SMILES string of the molecule is CC(C)(N=NC(C)(C)C1=NCCN1)C1=NCCN1.CC1CN=C(C(C)(C)N=NC(C)(C)C2=NCC(C)N2)N1.Cl.Cl.Cl.Cl. The highest BCUT2D eigenvalue weighted by Crippen LogP contribution is 2.21. The molecule has 12 nitrogen and oxygen atoms in total. The van der Waals surface area contributed by atoms with E-state index in [-0.39, 0.29) is 49.6 Å². The van der Waals surface area contributed by atoms with Crippen LogP contribution in [-0.2, 0) is 0 Å². The zero-order valence-electron chi connectivity index (χ0n) is 26.6. The molecule has 0 amide bonds. The smallest absolute Gasteiger partial charge is 0.133 e. The molecule has 4 aliphatic rings. The third kappa shape index (κ3) is 11.4. The highest BCUT2D eigenvalue weighted by Gasteiger charge is 2.34. The van der Waals surface area contributed by atoms with Crippen LogP contribution in [0.2, 0.25) is 0 Å². The molecule has 4 rings (SSSR count). The summed E-state index contributed by atoms with van der Waals surface area (Å²) in [6.45, 7) is 25.5. The van der Waals surface area contributed by atoms with Crippen molar-refractivity contribution in [2.45, 2.75) is 103 Å². The molecule has 42 heavy (non-hydrogen) atoms. The Labute approximate surface area is 276 Å². The molecule has 0 aromatic rings. The molecule has 0 spiro atoms. The van der Waals surface area contributed by atoms with Gasteiger partial charge in [0.1, 0.15) is 45.5 Å².